The highest BCUT2D eigenvalue weighted by Gasteiger charge is 2.21. The van der Waals surface area contributed by atoms with E-state index in [1.807, 2.05) is 41.1 Å². The van der Waals surface area contributed by atoms with E-state index >= 15 is 0 Å². The van der Waals surface area contributed by atoms with Crippen LogP contribution in [0.2, 0.25) is 0 Å². The Morgan fingerprint density at radius 2 is 1.91 bits per heavy atom. The molecule has 0 aliphatic heterocycles. The minimum Gasteiger partial charge on any atom is -0.320 e. The maximum Gasteiger partial charge on any atom is 0.242 e. The first-order valence-electron chi connectivity index (χ1n) is 7.46. The standard InChI is InChI=1S/C17H24N4O.ClH/c1-12(18)16(22)19-15-10-14(17(2,3)4)20-21(15)11-13-8-6-5-7-9-13;/h5-10,12H,11,18H2,1-4H3,(H,19,22);1H/t12-;/m0./s1. The number of carbonyl (C=O) groups excluding carboxylic acids is 1. The van der Waals surface area contributed by atoms with Crippen LogP contribution in [0.25, 0.3) is 0 Å². The van der Waals surface area contributed by atoms with E-state index in [1.165, 1.54) is 0 Å². The molecule has 126 valence electrons. The first-order valence-corrected chi connectivity index (χ1v) is 7.46. The summed E-state index contributed by atoms with van der Waals surface area (Å²) in [4.78, 5) is 11.9. The van der Waals surface area contributed by atoms with Crippen LogP contribution in [0.1, 0.15) is 39.0 Å². The van der Waals surface area contributed by atoms with Crippen LogP contribution in [-0.2, 0) is 16.8 Å². The summed E-state index contributed by atoms with van der Waals surface area (Å²) in [5, 5.41) is 7.51. The predicted molar refractivity (Wildman–Crippen MR) is 96.0 cm³/mol. The van der Waals surface area contributed by atoms with Crippen LogP contribution in [0.5, 0.6) is 0 Å². The van der Waals surface area contributed by atoms with Gasteiger partial charge in [-0.15, -0.1) is 12.4 Å². The van der Waals surface area contributed by atoms with E-state index in [-0.39, 0.29) is 23.7 Å². The fourth-order valence-corrected chi connectivity index (χ4v) is 2.00. The first kappa shape index (κ1) is 19.2. The Morgan fingerprint density at radius 1 is 1.30 bits per heavy atom. The molecule has 0 saturated heterocycles. The number of carbonyl (C=O) groups is 1. The van der Waals surface area contributed by atoms with Crippen molar-refractivity contribution < 1.29 is 4.79 Å². The Kier molecular flexibility index (Phi) is 6.36. The lowest BCUT2D eigenvalue weighted by atomic mass is 9.92. The van der Waals surface area contributed by atoms with Gasteiger partial charge in [0.05, 0.1) is 18.3 Å². The third-order valence-corrected chi connectivity index (χ3v) is 3.39. The van der Waals surface area contributed by atoms with Gasteiger partial charge in [-0.3, -0.25) is 4.79 Å². The molecule has 0 spiro atoms. The monoisotopic (exact) mass is 336 g/mol. The average molecular weight is 337 g/mol. The van der Waals surface area contributed by atoms with Gasteiger partial charge < -0.3 is 11.1 Å². The molecule has 1 aromatic carbocycles. The van der Waals surface area contributed by atoms with Gasteiger partial charge >= 0.3 is 0 Å². The molecule has 1 heterocycles. The number of aromatic nitrogens is 2. The van der Waals surface area contributed by atoms with Crippen molar-refractivity contribution in [2.45, 2.75) is 45.7 Å². The minimum atomic E-state index is -0.557. The van der Waals surface area contributed by atoms with E-state index in [0.717, 1.165) is 11.3 Å². The molecule has 0 aliphatic rings. The Bertz CT molecular complexity index is 644. The van der Waals surface area contributed by atoms with Crippen LogP contribution in [-0.4, -0.2) is 21.7 Å². The van der Waals surface area contributed by atoms with Crippen molar-refractivity contribution in [1.82, 2.24) is 9.78 Å². The van der Waals surface area contributed by atoms with Gasteiger partial charge in [-0.2, -0.15) is 5.10 Å². The predicted octanol–water partition coefficient (Wildman–Crippen LogP) is 2.94. The largest absolute Gasteiger partial charge is 0.320 e. The molecule has 0 fully saturated rings. The summed E-state index contributed by atoms with van der Waals surface area (Å²) in [7, 11) is 0. The third-order valence-electron chi connectivity index (χ3n) is 3.39. The van der Waals surface area contributed by atoms with Crippen molar-refractivity contribution in [2.24, 2.45) is 5.73 Å². The third kappa shape index (κ3) is 5.08. The fraction of sp³-hybridized carbons (Fsp3) is 0.412. The Morgan fingerprint density at radius 3 is 2.43 bits per heavy atom. The van der Waals surface area contributed by atoms with Gasteiger partial charge in [0, 0.05) is 11.5 Å². The molecule has 0 bridgehead atoms. The molecule has 3 N–H and O–H groups in total. The second-order valence-corrected chi connectivity index (χ2v) is 6.59. The maximum atomic E-state index is 11.9. The number of halogens is 1. The summed E-state index contributed by atoms with van der Waals surface area (Å²) in [5.41, 5.74) is 7.61. The highest BCUT2D eigenvalue weighted by molar-refractivity contribution is 5.93. The molecule has 2 aromatic rings. The van der Waals surface area contributed by atoms with Crippen LogP contribution in [0.4, 0.5) is 5.82 Å². The molecule has 1 aromatic heterocycles. The maximum absolute atomic E-state index is 11.9. The molecule has 2 rings (SSSR count). The normalized spacial score (nSPS) is 12.4. The van der Waals surface area contributed by atoms with Gasteiger partial charge in [-0.05, 0) is 12.5 Å². The van der Waals surface area contributed by atoms with Crippen molar-refractivity contribution >= 4 is 24.1 Å². The number of nitrogens with zero attached hydrogens (tertiary/aromatic N) is 2. The average Bonchev–Trinajstić information content (AvgIpc) is 2.83. The summed E-state index contributed by atoms with van der Waals surface area (Å²) in [6.07, 6.45) is 0. The summed E-state index contributed by atoms with van der Waals surface area (Å²) in [6, 6.07) is 11.4. The lowest BCUT2D eigenvalue weighted by molar-refractivity contribution is -0.117. The van der Waals surface area contributed by atoms with Gasteiger partial charge in [0.2, 0.25) is 5.91 Å². The fourth-order valence-electron chi connectivity index (χ4n) is 2.00. The van der Waals surface area contributed by atoms with Crippen LogP contribution < -0.4 is 11.1 Å². The molecule has 5 nitrogen and oxygen atoms in total. The van der Waals surface area contributed by atoms with Gasteiger partial charge in [-0.1, -0.05) is 51.1 Å². The van der Waals surface area contributed by atoms with E-state index < -0.39 is 6.04 Å². The van der Waals surface area contributed by atoms with Crippen molar-refractivity contribution in [3.05, 3.63) is 47.7 Å². The Hall–Kier alpha value is -1.85. The van der Waals surface area contributed by atoms with E-state index in [1.54, 1.807) is 6.92 Å². The van der Waals surface area contributed by atoms with Crippen LogP contribution in [0, 0.1) is 0 Å². The Labute approximate surface area is 143 Å². The number of amides is 1. The second-order valence-electron chi connectivity index (χ2n) is 6.59. The molecule has 23 heavy (non-hydrogen) atoms. The van der Waals surface area contributed by atoms with Crippen molar-refractivity contribution in [1.29, 1.82) is 0 Å². The summed E-state index contributed by atoms with van der Waals surface area (Å²) in [5.74, 6) is 0.464. The van der Waals surface area contributed by atoms with Crippen LogP contribution in [0.15, 0.2) is 36.4 Å². The van der Waals surface area contributed by atoms with E-state index in [0.29, 0.717) is 12.4 Å². The molecule has 6 heteroatoms. The van der Waals surface area contributed by atoms with Gasteiger partial charge in [0.1, 0.15) is 5.82 Å². The zero-order valence-corrected chi connectivity index (χ0v) is 14.9. The van der Waals surface area contributed by atoms with Crippen molar-refractivity contribution in [2.75, 3.05) is 5.32 Å². The number of benzene rings is 1. The summed E-state index contributed by atoms with van der Waals surface area (Å²) < 4.78 is 1.82. The van der Waals surface area contributed by atoms with E-state index in [4.69, 9.17) is 5.73 Å². The van der Waals surface area contributed by atoms with Gasteiger partial charge in [0.25, 0.3) is 0 Å². The number of nitrogens with two attached hydrogens (primary N) is 1. The quantitative estimate of drug-likeness (QED) is 0.901. The summed E-state index contributed by atoms with van der Waals surface area (Å²) >= 11 is 0. The zero-order valence-electron chi connectivity index (χ0n) is 14.0. The highest BCUT2D eigenvalue weighted by Crippen LogP contribution is 2.24. The lowest BCUT2D eigenvalue weighted by Gasteiger charge is -2.14. The number of hydrogen-bond acceptors (Lipinski definition) is 3. The number of anilines is 1. The topological polar surface area (TPSA) is 72.9 Å². The zero-order chi connectivity index (χ0) is 16.3. The van der Waals surface area contributed by atoms with Crippen LogP contribution >= 0.6 is 12.4 Å². The number of rotatable bonds is 4. The van der Waals surface area contributed by atoms with E-state index in [2.05, 4.69) is 31.2 Å². The highest BCUT2D eigenvalue weighted by atomic mass is 35.5. The SMILES string of the molecule is C[C@H](N)C(=O)Nc1cc(C(C)(C)C)nn1Cc1ccccc1.Cl. The molecule has 0 saturated carbocycles. The van der Waals surface area contributed by atoms with E-state index in [9.17, 15) is 4.79 Å². The molecule has 0 radical (unpaired) electrons. The van der Waals surface area contributed by atoms with Crippen molar-refractivity contribution in [3.8, 4) is 0 Å². The van der Waals surface area contributed by atoms with Gasteiger partial charge in [0.15, 0.2) is 0 Å². The number of hydrogen-bond donors (Lipinski definition) is 2. The smallest absolute Gasteiger partial charge is 0.242 e. The number of nitrogens with one attached hydrogen (secondary N) is 1. The first-order chi connectivity index (χ1) is 10.3. The molecular weight excluding hydrogens is 312 g/mol. The molecule has 1 amide bonds. The molecule has 1 atom stereocenters. The molecule has 0 aliphatic carbocycles. The van der Waals surface area contributed by atoms with Crippen LogP contribution in [0.3, 0.4) is 0 Å². The molecular formula is C17H25ClN4O. The Balaban J connectivity index is 0.00000264. The summed E-state index contributed by atoms with van der Waals surface area (Å²) in [6.45, 7) is 8.56. The van der Waals surface area contributed by atoms with Crippen molar-refractivity contribution in [3.63, 3.8) is 0 Å². The molecule has 0 unspecified atom stereocenters. The lowest BCUT2D eigenvalue weighted by Crippen LogP contribution is -2.33. The second kappa shape index (κ2) is 7.62. The minimum absolute atomic E-state index is 0. The van der Waals surface area contributed by atoms with Gasteiger partial charge in [-0.25, -0.2) is 4.68 Å².